The van der Waals surface area contributed by atoms with E-state index in [4.69, 9.17) is 9.72 Å². The third-order valence-corrected chi connectivity index (χ3v) is 4.02. The van der Waals surface area contributed by atoms with E-state index in [1.807, 2.05) is 65.1 Å². The molecule has 0 saturated carbocycles. The van der Waals surface area contributed by atoms with Crippen LogP contribution in [-0.2, 0) is 4.74 Å². The maximum atomic E-state index is 10.2. The average molecular weight is 367 g/mol. The predicted molar refractivity (Wildman–Crippen MR) is 92.5 cm³/mol. The van der Waals surface area contributed by atoms with Crippen molar-refractivity contribution in [2.75, 3.05) is 7.05 Å². The summed E-state index contributed by atoms with van der Waals surface area (Å²) in [6.07, 6.45) is -0.977. The summed E-state index contributed by atoms with van der Waals surface area (Å²) in [6.45, 7) is 7.75. The van der Waals surface area contributed by atoms with Gasteiger partial charge in [0.25, 0.3) is 0 Å². The van der Waals surface area contributed by atoms with Crippen molar-refractivity contribution < 1.29 is 9.84 Å². The molecule has 1 N–H and O–H groups in total. The van der Waals surface area contributed by atoms with E-state index in [9.17, 15) is 5.11 Å². The minimum Gasteiger partial charge on any atom is -0.356 e. The zero-order valence-corrected chi connectivity index (χ0v) is 15.3. The molecule has 1 heterocycles. The lowest BCUT2D eigenvalue weighted by molar-refractivity contribution is -0.241. The van der Waals surface area contributed by atoms with Gasteiger partial charge in [-0.05, 0) is 52.9 Å². The van der Waals surface area contributed by atoms with E-state index >= 15 is 0 Å². The van der Waals surface area contributed by atoms with Crippen LogP contribution >= 0.6 is 15.9 Å². The van der Waals surface area contributed by atoms with E-state index in [0.29, 0.717) is 0 Å². The molecule has 5 heteroatoms. The van der Waals surface area contributed by atoms with Crippen LogP contribution in [0.3, 0.4) is 0 Å². The Morgan fingerprint density at radius 3 is 2.50 bits per heavy atom. The van der Waals surface area contributed by atoms with Crippen LogP contribution in [-0.4, -0.2) is 34.1 Å². The molecule has 2 aromatic rings. The van der Waals surface area contributed by atoms with Crippen molar-refractivity contribution in [1.29, 1.82) is 0 Å². The maximum Gasteiger partial charge on any atom is 0.216 e. The minimum absolute atomic E-state index is 0.0688. The van der Waals surface area contributed by atoms with E-state index in [1.54, 1.807) is 4.90 Å². The summed E-state index contributed by atoms with van der Waals surface area (Å²) in [5.41, 5.74) is 1.41. The lowest BCUT2D eigenvalue weighted by atomic mass is 10.1. The van der Waals surface area contributed by atoms with Crippen molar-refractivity contribution in [3.63, 3.8) is 0 Å². The largest absolute Gasteiger partial charge is 0.356 e. The lowest BCUT2D eigenvalue weighted by Gasteiger charge is -2.33. The third kappa shape index (κ3) is 4.26. The molecule has 2 atom stereocenters. The average Bonchev–Trinajstić information content (AvgIpc) is 2.43. The highest BCUT2D eigenvalue weighted by Crippen LogP contribution is 2.25. The van der Waals surface area contributed by atoms with Gasteiger partial charge in [0.2, 0.25) is 6.41 Å². The van der Waals surface area contributed by atoms with Crippen LogP contribution in [0.5, 0.6) is 0 Å². The molecule has 0 saturated heterocycles. The molecule has 0 aliphatic carbocycles. The van der Waals surface area contributed by atoms with Crippen LogP contribution < -0.4 is 0 Å². The van der Waals surface area contributed by atoms with Crippen LogP contribution in [0.15, 0.2) is 34.8 Å². The van der Waals surface area contributed by atoms with Crippen LogP contribution in [0, 0.1) is 0 Å². The summed E-state index contributed by atoms with van der Waals surface area (Å²) >= 11 is 3.47. The second-order valence-electron chi connectivity index (χ2n) is 6.47. The number of aliphatic hydroxyl groups is 1. The summed E-state index contributed by atoms with van der Waals surface area (Å²) < 4.78 is 6.60. The summed E-state index contributed by atoms with van der Waals surface area (Å²) in [4.78, 5) is 6.46. The van der Waals surface area contributed by atoms with Crippen molar-refractivity contribution in [1.82, 2.24) is 9.88 Å². The number of aliphatic hydroxyl groups excluding tert-OH is 1. The molecule has 1 unspecified atom stereocenters. The molecular weight excluding hydrogens is 344 g/mol. The van der Waals surface area contributed by atoms with Crippen LogP contribution in [0.4, 0.5) is 0 Å². The molecule has 1 aromatic heterocycles. The number of rotatable bonds is 4. The van der Waals surface area contributed by atoms with Gasteiger partial charge in [0, 0.05) is 9.86 Å². The van der Waals surface area contributed by atoms with Gasteiger partial charge in [-0.2, -0.15) is 0 Å². The number of benzene rings is 1. The van der Waals surface area contributed by atoms with E-state index in [0.717, 1.165) is 21.1 Å². The molecule has 0 fully saturated rings. The van der Waals surface area contributed by atoms with Crippen LogP contribution in [0.2, 0.25) is 0 Å². The molecule has 2 rings (SSSR count). The second-order valence-corrected chi connectivity index (χ2v) is 7.39. The molecule has 0 aliphatic rings. The zero-order valence-electron chi connectivity index (χ0n) is 13.7. The molecule has 1 aromatic carbocycles. The number of nitrogens with zero attached hydrogens (tertiary/aromatic N) is 2. The fourth-order valence-electron chi connectivity index (χ4n) is 2.14. The fraction of sp³-hybridized carbons (Fsp3) is 0.471. The number of hydrogen-bond acceptors (Lipinski definition) is 4. The summed E-state index contributed by atoms with van der Waals surface area (Å²) in [7, 11) is 1.83. The van der Waals surface area contributed by atoms with E-state index in [1.165, 1.54) is 0 Å². The van der Waals surface area contributed by atoms with Crippen molar-refractivity contribution >= 4 is 26.8 Å². The normalized spacial score (nSPS) is 15.3. The summed E-state index contributed by atoms with van der Waals surface area (Å²) in [6, 6.07) is 9.99. The van der Waals surface area contributed by atoms with Gasteiger partial charge in [0.05, 0.1) is 22.9 Å². The monoisotopic (exact) mass is 366 g/mol. The Kier molecular flexibility index (Phi) is 5.22. The Hall–Kier alpha value is -1.01. The molecular formula is C17H23BrN2O2. The highest BCUT2D eigenvalue weighted by Gasteiger charge is 2.25. The van der Waals surface area contributed by atoms with Crippen molar-refractivity contribution in [3.8, 4) is 0 Å². The fourth-order valence-corrected chi connectivity index (χ4v) is 2.49. The van der Waals surface area contributed by atoms with Gasteiger partial charge in [0.15, 0.2) is 0 Å². The molecule has 22 heavy (non-hydrogen) atoms. The standard InChI is InChI=1S/C17H23BrN2O2/c1-11(20(5)16(21)22-17(2,3)4)14-9-7-12-6-8-13(18)10-15(12)19-14/h6-11,16,21H,1-5H3/t11-,16?/m1/s1. The number of ether oxygens (including phenoxy) is 1. The van der Waals surface area contributed by atoms with Gasteiger partial charge in [-0.15, -0.1) is 0 Å². The van der Waals surface area contributed by atoms with Crippen molar-refractivity contribution in [2.45, 2.75) is 45.8 Å². The third-order valence-electron chi connectivity index (χ3n) is 3.52. The number of pyridine rings is 1. The molecule has 0 bridgehead atoms. The Bertz CT molecular complexity index is 655. The number of hydrogen-bond donors (Lipinski definition) is 1. The summed E-state index contributed by atoms with van der Waals surface area (Å²) in [5, 5.41) is 11.3. The highest BCUT2D eigenvalue weighted by atomic mass is 79.9. The Labute approximate surface area is 140 Å². The van der Waals surface area contributed by atoms with Gasteiger partial charge < -0.3 is 9.84 Å². The van der Waals surface area contributed by atoms with Crippen molar-refractivity contribution in [2.24, 2.45) is 0 Å². The van der Waals surface area contributed by atoms with E-state index in [-0.39, 0.29) is 6.04 Å². The smallest absolute Gasteiger partial charge is 0.216 e. The molecule has 120 valence electrons. The van der Waals surface area contributed by atoms with Crippen LogP contribution in [0.25, 0.3) is 10.9 Å². The topological polar surface area (TPSA) is 45.6 Å². The van der Waals surface area contributed by atoms with Crippen molar-refractivity contribution in [3.05, 3.63) is 40.5 Å². The predicted octanol–water partition coefficient (Wildman–Crippen LogP) is 4.08. The Balaban J connectivity index is 2.23. The second kappa shape index (κ2) is 6.62. The van der Waals surface area contributed by atoms with Gasteiger partial charge in [-0.1, -0.05) is 28.1 Å². The number of aromatic nitrogens is 1. The maximum absolute atomic E-state index is 10.2. The lowest BCUT2D eigenvalue weighted by Crippen LogP contribution is -2.40. The number of halogens is 1. The zero-order chi connectivity index (χ0) is 16.5. The quantitative estimate of drug-likeness (QED) is 0.828. The first kappa shape index (κ1) is 17.3. The molecule has 0 amide bonds. The molecule has 0 aliphatic heterocycles. The first-order chi connectivity index (χ1) is 10.2. The first-order valence-corrected chi connectivity index (χ1v) is 8.11. The Morgan fingerprint density at radius 1 is 1.23 bits per heavy atom. The van der Waals surface area contributed by atoms with Gasteiger partial charge in [-0.3, -0.25) is 4.98 Å². The van der Waals surface area contributed by atoms with Crippen LogP contribution in [0.1, 0.15) is 39.4 Å². The minimum atomic E-state index is -0.977. The SMILES string of the molecule is C[C@H](c1ccc2ccc(Br)cc2n1)N(C)C(O)OC(C)(C)C. The van der Waals surface area contributed by atoms with Gasteiger partial charge in [0.1, 0.15) is 0 Å². The highest BCUT2D eigenvalue weighted by molar-refractivity contribution is 9.10. The van der Waals surface area contributed by atoms with Gasteiger partial charge in [-0.25, -0.2) is 4.90 Å². The first-order valence-electron chi connectivity index (χ1n) is 7.31. The van der Waals surface area contributed by atoms with Gasteiger partial charge >= 0.3 is 0 Å². The molecule has 0 spiro atoms. The molecule has 0 radical (unpaired) electrons. The summed E-state index contributed by atoms with van der Waals surface area (Å²) in [5.74, 6) is 0. The number of fused-ring (bicyclic) bond motifs is 1. The molecule has 4 nitrogen and oxygen atoms in total. The van der Waals surface area contributed by atoms with E-state index in [2.05, 4.69) is 15.9 Å². The van der Waals surface area contributed by atoms with E-state index < -0.39 is 12.0 Å². The Morgan fingerprint density at radius 2 is 1.86 bits per heavy atom.